The first-order valence-corrected chi connectivity index (χ1v) is 10.3. The quantitative estimate of drug-likeness (QED) is 0.675. The van der Waals surface area contributed by atoms with Crippen molar-refractivity contribution < 1.29 is 19.1 Å². The smallest absolute Gasteiger partial charge is 0.321 e. The molecule has 1 aliphatic rings. The van der Waals surface area contributed by atoms with E-state index in [2.05, 4.69) is 16.0 Å². The average Bonchev–Trinajstić information content (AvgIpc) is 2.75. The fourth-order valence-electron chi connectivity index (χ4n) is 3.40. The molecule has 0 spiro atoms. The summed E-state index contributed by atoms with van der Waals surface area (Å²) >= 11 is 0. The van der Waals surface area contributed by atoms with Gasteiger partial charge in [0.1, 0.15) is 5.75 Å². The van der Waals surface area contributed by atoms with Crippen LogP contribution >= 0.6 is 0 Å². The van der Waals surface area contributed by atoms with Gasteiger partial charge in [0.2, 0.25) is 0 Å². The molecule has 0 aliphatic heterocycles. The Labute approximate surface area is 176 Å². The van der Waals surface area contributed by atoms with Gasteiger partial charge >= 0.3 is 6.03 Å². The highest BCUT2D eigenvalue weighted by Gasteiger charge is 2.22. The maximum absolute atomic E-state index is 12.6. The number of urea groups is 1. The Balaban J connectivity index is 1.57. The van der Waals surface area contributed by atoms with Crippen LogP contribution in [-0.4, -0.2) is 30.0 Å². The first kappa shape index (κ1) is 21.4. The number of anilines is 1. The first-order valence-electron chi connectivity index (χ1n) is 10.3. The summed E-state index contributed by atoms with van der Waals surface area (Å²) in [6, 6.07) is 15.3. The van der Waals surface area contributed by atoms with Crippen molar-refractivity contribution in [3.63, 3.8) is 0 Å². The second kappa shape index (κ2) is 10.4. The summed E-state index contributed by atoms with van der Waals surface area (Å²) < 4.78 is 5.70. The van der Waals surface area contributed by atoms with E-state index in [1.165, 1.54) is 13.3 Å². The van der Waals surface area contributed by atoms with E-state index in [9.17, 15) is 14.4 Å². The van der Waals surface area contributed by atoms with E-state index < -0.39 is 18.0 Å². The predicted molar refractivity (Wildman–Crippen MR) is 114 cm³/mol. The van der Waals surface area contributed by atoms with E-state index in [0.717, 1.165) is 25.7 Å². The van der Waals surface area contributed by atoms with Crippen molar-refractivity contribution >= 4 is 23.5 Å². The molecule has 2 aromatic rings. The lowest BCUT2D eigenvalue weighted by Crippen LogP contribution is -2.48. The number of ether oxygens (including phenoxy) is 1. The molecule has 0 aromatic heterocycles. The molecule has 0 saturated heterocycles. The molecular weight excluding hydrogens is 382 g/mol. The van der Waals surface area contributed by atoms with Crippen molar-refractivity contribution in [2.24, 2.45) is 0 Å². The molecule has 0 radical (unpaired) electrons. The van der Waals surface area contributed by atoms with Gasteiger partial charge in [-0.15, -0.1) is 0 Å². The molecule has 1 aliphatic carbocycles. The molecule has 7 heteroatoms. The third-order valence-corrected chi connectivity index (χ3v) is 5.01. The number of amides is 4. The standard InChI is InChI=1S/C23H27N3O4/c1-16(21(27)26-23(29)25-18-12-6-3-7-13-18)30-20-15-9-8-14-19(20)22(28)24-17-10-4-2-5-11-17/h2,4-5,8-11,14-16,18H,3,6-7,12-13H2,1H3,(H,24,28)(H2,25,26,27,29)/t16-/m0/s1. The van der Waals surface area contributed by atoms with Crippen molar-refractivity contribution in [1.29, 1.82) is 0 Å². The number of nitrogens with one attached hydrogen (secondary N) is 3. The largest absolute Gasteiger partial charge is 0.480 e. The number of carbonyl (C=O) groups excluding carboxylic acids is 3. The maximum atomic E-state index is 12.6. The minimum absolute atomic E-state index is 0.102. The number of benzene rings is 2. The Kier molecular flexibility index (Phi) is 7.43. The van der Waals surface area contributed by atoms with Crippen molar-refractivity contribution in [3.8, 4) is 5.75 Å². The monoisotopic (exact) mass is 409 g/mol. The molecule has 0 bridgehead atoms. The van der Waals surface area contributed by atoms with Crippen LogP contribution in [-0.2, 0) is 4.79 Å². The molecule has 7 nitrogen and oxygen atoms in total. The summed E-state index contributed by atoms with van der Waals surface area (Å²) in [5.74, 6) is -0.651. The molecule has 3 N–H and O–H groups in total. The van der Waals surface area contributed by atoms with E-state index in [1.807, 2.05) is 18.2 Å². The van der Waals surface area contributed by atoms with Crippen molar-refractivity contribution in [3.05, 3.63) is 60.2 Å². The summed E-state index contributed by atoms with van der Waals surface area (Å²) in [5.41, 5.74) is 0.954. The third kappa shape index (κ3) is 6.07. The fraction of sp³-hybridized carbons (Fsp3) is 0.348. The Morgan fingerprint density at radius 3 is 2.33 bits per heavy atom. The number of hydrogen-bond donors (Lipinski definition) is 3. The van der Waals surface area contributed by atoms with Gasteiger partial charge in [-0.05, 0) is 44.0 Å². The van der Waals surface area contributed by atoms with Gasteiger partial charge in [0.05, 0.1) is 5.56 Å². The zero-order valence-electron chi connectivity index (χ0n) is 17.0. The van der Waals surface area contributed by atoms with Crippen LogP contribution in [0, 0.1) is 0 Å². The van der Waals surface area contributed by atoms with Crippen LogP contribution in [0.3, 0.4) is 0 Å². The van der Waals surface area contributed by atoms with E-state index in [-0.39, 0.29) is 17.7 Å². The summed E-state index contributed by atoms with van der Waals surface area (Å²) in [6.07, 6.45) is 4.25. The molecule has 3 rings (SSSR count). The lowest BCUT2D eigenvalue weighted by Gasteiger charge is -2.23. The fourth-order valence-corrected chi connectivity index (χ4v) is 3.40. The predicted octanol–water partition coefficient (Wildman–Crippen LogP) is 3.86. The Bertz CT molecular complexity index is 879. The molecule has 1 atom stereocenters. The van der Waals surface area contributed by atoms with E-state index in [1.54, 1.807) is 36.4 Å². The van der Waals surface area contributed by atoms with Gasteiger partial charge in [-0.3, -0.25) is 14.9 Å². The van der Waals surface area contributed by atoms with Crippen molar-refractivity contribution in [2.45, 2.75) is 51.2 Å². The molecule has 0 heterocycles. The zero-order chi connectivity index (χ0) is 21.3. The third-order valence-electron chi connectivity index (χ3n) is 5.01. The van der Waals surface area contributed by atoms with Gasteiger partial charge in [-0.2, -0.15) is 0 Å². The SMILES string of the molecule is C[C@H](Oc1ccccc1C(=O)Nc1ccccc1)C(=O)NC(=O)NC1CCCCC1. The summed E-state index contributed by atoms with van der Waals surface area (Å²) in [7, 11) is 0. The topological polar surface area (TPSA) is 96.5 Å². The number of imide groups is 1. The molecule has 4 amide bonds. The van der Waals surface area contributed by atoms with Gasteiger partial charge in [0.15, 0.2) is 6.10 Å². The van der Waals surface area contributed by atoms with E-state index in [0.29, 0.717) is 11.3 Å². The Hall–Kier alpha value is -3.35. The molecule has 30 heavy (non-hydrogen) atoms. The van der Waals surface area contributed by atoms with Gasteiger partial charge < -0.3 is 15.4 Å². The van der Waals surface area contributed by atoms with Crippen LogP contribution in [0.1, 0.15) is 49.4 Å². The van der Waals surface area contributed by atoms with Crippen LogP contribution < -0.4 is 20.7 Å². The molecule has 1 saturated carbocycles. The number of rotatable bonds is 6. The van der Waals surface area contributed by atoms with Gasteiger partial charge in [0.25, 0.3) is 11.8 Å². The van der Waals surface area contributed by atoms with Gasteiger partial charge in [-0.1, -0.05) is 49.6 Å². The lowest BCUT2D eigenvalue weighted by molar-refractivity contribution is -0.126. The number of hydrogen-bond acceptors (Lipinski definition) is 4. The molecule has 2 aromatic carbocycles. The van der Waals surface area contributed by atoms with Crippen LogP contribution in [0.5, 0.6) is 5.75 Å². The van der Waals surface area contributed by atoms with Crippen molar-refractivity contribution in [2.75, 3.05) is 5.32 Å². The van der Waals surface area contributed by atoms with Gasteiger partial charge in [-0.25, -0.2) is 4.79 Å². The van der Waals surface area contributed by atoms with Crippen LogP contribution in [0.25, 0.3) is 0 Å². The van der Waals surface area contributed by atoms with Crippen LogP contribution in [0.4, 0.5) is 10.5 Å². The summed E-state index contributed by atoms with van der Waals surface area (Å²) in [5, 5.41) is 7.95. The molecule has 158 valence electrons. The van der Waals surface area contributed by atoms with Crippen molar-refractivity contribution in [1.82, 2.24) is 10.6 Å². The minimum Gasteiger partial charge on any atom is -0.480 e. The van der Waals surface area contributed by atoms with Crippen LogP contribution in [0.15, 0.2) is 54.6 Å². The molecular formula is C23H27N3O4. The zero-order valence-corrected chi connectivity index (χ0v) is 17.0. The second-order valence-electron chi connectivity index (χ2n) is 7.37. The van der Waals surface area contributed by atoms with Gasteiger partial charge in [0, 0.05) is 11.7 Å². The number of carbonyl (C=O) groups is 3. The highest BCUT2D eigenvalue weighted by Crippen LogP contribution is 2.21. The summed E-state index contributed by atoms with van der Waals surface area (Å²) in [4.78, 5) is 37.1. The Morgan fingerprint density at radius 1 is 0.933 bits per heavy atom. The normalized spacial score (nSPS) is 15.0. The van der Waals surface area contributed by atoms with E-state index in [4.69, 9.17) is 4.74 Å². The highest BCUT2D eigenvalue weighted by molar-refractivity contribution is 6.06. The van der Waals surface area contributed by atoms with Crippen LogP contribution in [0.2, 0.25) is 0 Å². The minimum atomic E-state index is -0.951. The molecule has 1 fully saturated rings. The highest BCUT2D eigenvalue weighted by atomic mass is 16.5. The first-order chi connectivity index (χ1) is 14.5. The maximum Gasteiger partial charge on any atom is 0.321 e. The second-order valence-corrected chi connectivity index (χ2v) is 7.37. The number of para-hydroxylation sites is 2. The Morgan fingerprint density at radius 2 is 1.60 bits per heavy atom. The lowest BCUT2D eigenvalue weighted by atomic mass is 9.96. The summed E-state index contributed by atoms with van der Waals surface area (Å²) in [6.45, 7) is 1.54. The van der Waals surface area contributed by atoms with E-state index >= 15 is 0 Å². The molecule has 0 unspecified atom stereocenters. The average molecular weight is 409 g/mol.